The van der Waals surface area contributed by atoms with Crippen LogP contribution in [0.5, 0.6) is 0 Å². The molecule has 1 aromatic rings. The van der Waals surface area contributed by atoms with E-state index in [4.69, 9.17) is 42.9 Å². The molecule has 33 heavy (non-hydrogen) atoms. The Morgan fingerprint density at radius 2 is 1.94 bits per heavy atom. The molecule has 0 aliphatic carbocycles. The van der Waals surface area contributed by atoms with E-state index in [1.54, 1.807) is 0 Å². The number of halogens is 2. The van der Waals surface area contributed by atoms with Gasteiger partial charge in [-0.05, 0) is 17.7 Å². The van der Waals surface area contributed by atoms with Crippen molar-refractivity contribution in [1.29, 1.82) is 0 Å². The molecule has 0 radical (unpaired) electrons. The molecule has 6 atom stereocenters. The van der Waals surface area contributed by atoms with Gasteiger partial charge in [-0.25, -0.2) is 22.5 Å². The lowest BCUT2D eigenvalue weighted by atomic mass is 10.1. The largest absolute Gasteiger partial charge is 0.490 e. The first-order valence-corrected chi connectivity index (χ1v) is 12.7. The molecule has 1 aliphatic heterocycles. The minimum absolute atomic E-state index is 0.536. The number of nitrogens with zero attached hydrogens (tertiary/aromatic N) is 5. The Bertz CT molecular complexity index is 1180. The van der Waals surface area contributed by atoms with E-state index in [9.17, 15) is 32.5 Å². The third kappa shape index (κ3) is 6.82. The highest BCUT2D eigenvalue weighted by atomic mass is 32.1. The number of rotatable bonds is 9. The smallest absolute Gasteiger partial charge is 0.387 e. The Kier molecular flexibility index (Phi) is 8.18. The molecule has 2 rings (SSSR count). The topological polar surface area (TPSA) is 282 Å². The van der Waals surface area contributed by atoms with Gasteiger partial charge in [0.25, 0.3) is 0 Å². The number of alkyl halides is 1. The maximum atomic E-state index is 14.8. The number of phosphoric ester groups is 1. The summed E-state index contributed by atoms with van der Waals surface area (Å²) >= 11 is 4.80. The maximum Gasteiger partial charge on any atom is 0.490 e. The lowest BCUT2D eigenvalue weighted by molar-refractivity contribution is -0.122. The predicted octanol–water partition coefficient (Wildman–Crippen LogP) is 0.912. The molecule has 18 nitrogen and oxygen atoms in total. The summed E-state index contributed by atoms with van der Waals surface area (Å²) in [6.45, 7) is -1.54. The van der Waals surface area contributed by atoms with E-state index in [1.807, 2.05) is 0 Å². The lowest BCUT2D eigenvalue weighted by Gasteiger charge is -2.27. The average Bonchev–Trinajstić information content (AvgIpc) is 2.86. The van der Waals surface area contributed by atoms with Gasteiger partial charge in [-0.2, -0.15) is 13.6 Å². The number of nitrogen functional groups attached to an aromatic ring is 1. The molecule has 3 unspecified atom stereocenters. The summed E-state index contributed by atoms with van der Waals surface area (Å²) < 4.78 is 78.7. The van der Waals surface area contributed by atoms with Crippen LogP contribution in [0.15, 0.2) is 11.3 Å². The number of hydrogen-bond donors (Lipinski definition) is 6. The molecule has 0 aromatic carbocycles. The summed E-state index contributed by atoms with van der Waals surface area (Å²) in [6.07, 6.45) is -6.50. The summed E-state index contributed by atoms with van der Waals surface area (Å²) in [5.41, 5.74) is 11.1. The minimum atomic E-state index is -5.90. The van der Waals surface area contributed by atoms with Crippen LogP contribution in [0.2, 0.25) is 0 Å². The van der Waals surface area contributed by atoms with Crippen LogP contribution in [0.4, 0.5) is 14.6 Å². The molecular weight excluding hydrogens is 547 g/mol. The summed E-state index contributed by atoms with van der Waals surface area (Å²) in [6, 6.07) is 0. The van der Waals surface area contributed by atoms with Crippen LogP contribution in [-0.2, 0) is 31.6 Å². The van der Waals surface area contributed by atoms with E-state index in [0.29, 0.717) is 10.8 Å². The van der Waals surface area contributed by atoms with Gasteiger partial charge in [0.05, 0.1) is 6.61 Å². The van der Waals surface area contributed by atoms with Crippen molar-refractivity contribution >= 4 is 41.5 Å². The van der Waals surface area contributed by atoms with Crippen molar-refractivity contribution in [3.63, 3.8) is 0 Å². The van der Waals surface area contributed by atoms with Crippen molar-refractivity contribution < 1.29 is 65.0 Å². The number of azide groups is 1. The van der Waals surface area contributed by atoms with E-state index < -0.39 is 70.7 Å². The number of hydrogen-bond acceptors (Lipinski definition) is 12. The average molecular weight is 560 g/mol. The summed E-state index contributed by atoms with van der Waals surface area (Å²) in [4.78, 5) is 41.3. The standard InChI is InChI=1S/C9H13F2N6O12P3S/c10-3-1-17(8(33)14-6(3)12)7-4(11)5(18)9(27-7,15-16-13)2-26-31(22,23)29-32(24,25)28-30(19,20)21/h1,4-5,7,18H,2H2,(H,22,23)(H,24,25)(H2,12,14,33)(H2,19,20,21)/t4-,5?,7+,9+/m0/s1. The zero-order valence-electron chi connectivity index (χ0n) is 15.4. The fraction of sp³-hybridized carbons (Fsp3) is 0.556. The van der Waals surface area contributed by atoms with Crippen molar-refractivity contribution in [2.45, 2.75) is 24.2 Å². The number of nitrogens with two attached hydrogens (primary N) is 1. The lowest BCUT2D eigenvalue weighted by Crippen LogP contribution is -2.44. The molecule has 2 heterocycles. The first-order chi connectivity index (χ1) is 14.9. The minimum Gasteiger partial charge on any atom is -0.387 e. The highest BCUT2D eigenvalue weighted by molar-refractivity contribution is 7.71. The van der Waals surface area contributed by atoms with Crippen LogP contribution in [0.25, 0.3) is 10.4 Å². The Morgan fingerprint density at radius 1 is 1.33 bits per heavy atom. The van der Waals surface area contributed by atoms with Crippen LogP contribution < -0.4 is 5.73 Å². The number of ether oxygens (including phenoxy) is 1. The van der Waals surface area contributed by atoms with Crippen LogP contribution in [0.1, 0.15) is 6.23 Å². The molecule has 0 bridgehead atoms. The molecule has 0 saturated carbocycles. The molecular formula is C9H13F2N6O12P3S. The molecule has 1 aliphatic rings. The highest BCUT2D eigenvalue weighted by Crippen LogP contribution is 2.66. The monoisotopic (exact) mass is 560 g/mol. The third-order valence-electron chi connectivity index (χ3n) is 3.63. The Morgan fingerprint density at radius 3 is 2.48 bits per heavy atom. The van der Waals surface area contributed by atoms with Gasteiger partial charge in [0.15, 0.2) is 24.0 Å². The molecule has 0 amide bonds. The van der Waals surface area contributed by atoms with Gasteiger partial charge in [-0.15, -0.1) is 0 Å². The predicted molar refractivity (Wildman–Crippen MR) is 100 cm³/mol. The quantitative estimate of drug-likeness (QED) is 0.0804. The zero-order valence-corrected chi connectivity index (χ0v) is 18.9. The second kappa shape index (κ2) is 9.69. The van der Waals surface area contributed by atoms with Crippen molar-refractivity contribution in [3.8, 4) is 0 Å². The van der Waals surface area contributed by atoms with Crippen LogP contribution >= 0.6 is 35.7 Å². The van der Waals surface area contributed by atoms with Crippen molar-refractivity contribution in [2.24, 2.45) is 5.11 Å². The van der Waals surface area contributed by atoms with Crippen molar-refractivity contribution in [2.75, 3.05) is 12.3 Å². The SMILES string of the molecule is [N-]=[N+]=N[C@]1(COP(=O)(O)OP(=O)(O)OP(=O)(O)O)O[C@@H](n2cc(F)c(N)nc2=S)[C@@H](F)C1O. The second-order valence-electron chi connectivity index (χ2n) is 5.96. The van der Waals surface area contributed by atoms with Crippen molar-refractivity contribution in [1.82, 2.24) is 9.55 Å². The van der Waals surface area contributed by atoms with E-state index in [0.717, 1.165) is 0 Å². The maximum absolute atomic E-state index is 14.8. The fourth-order valence-electron chi connectivity index (χ4n) is 2.38. The van der Waals surface area contributed by atoms with Crippen LogP contribution in [0, 0.1) is 10.6 Å². The molecule has 0 spiro atoms. The highest BCUT2D eigenvalue weighted by Gasteiger charge is 2.57. The van der Waals surface area contributed by atoms with Gasteiger partial charge in [0.1, 0.15) is 6.10 Å². The number of phosphoric acid groups is 3. The van der Waals surface area contributed by atoms with Crippen molar-refractivity contribution in [3.05, 3.63) is 27.2 Å². The summed E-state index contributed by atoms with van der Waals surface area (Å²) in [5.74, 6) is -1.83. The zero-order chi connectivity index (χ0) is 25.4. The van der Waals surface area contributed by atoms with Gasteiger partial charge >= 0.3 is 23.5 Å². The van der Waals surface area contributed by atoms with E-state index in [2.05, 4.69) is 28.2 Å². The number of aliphatic hydroxyl groups is 1. The van der Waals surface area contributed by atoms with Gasteiger partial charge in [-0.3, -0.25) is 9.09 Å². The van der Waals surface area contributed by atoms with Crippen LogP contribution in [0.3, 0.4) is 0 Å². The first kappa shape index (κ1) is 27.8. The van der Waals surface area contributed by atoms with Gasteiger partial charge in [-0.1, -0.05) is 5.11 Å². The first-order valence-electron chi connectivity index (χ1n) is 7.81. The molecule has 186 valence electrons. The van der Waals surface area contributed by atoms with Crippen LogP contribution in [-0.4, -0.2) is 58.8 Å². The van der Waals surface area contributed by atoms with E-state index in [1.165, 1.54) is 0 Å². The third-order valence-corrected chi connectivity index (χ3v) is 7.72. The number of anilines is 1. The molecule has 1 aromatic heterocycles. The fourth-order valence-corrected chi connectivity index (χ4v) is 5.68. The van der Waals surface area contributed by atoms with Gasteiger partial charge < -0.3 is 35.2 Å². The second-order valence-corrected chi connectivity index (χ2v) is 10.7. The molecule has 24 heteroatoms. The molecule has 1 saturated heterocycles. The summed E-state index contributed by atoms with van der Waals surface area (Å²) in [7, 11) is -17.3. The Balaban J connectivity index is 2.31. The Labute approximate surface area is 185 Å². The van der Waals surface area contributed by atoms with E-state index >= 15 is 0 Å². The molecule has 7 N–H and O–H groups in total. The van der Waals surface area contributed by atoms with Gasteiger partial charge in [0, 0.05) is 11.1 Å². The number of aliphatic hydroxyl groups excluding tert-OH is 1. The Hall–Kier alpha value is -1.40. The normalized spacial score (nSPS) is 29.1. The molecule has 1 fully saturated rings. The van der Waals surface area contributed by atoms with Gasteiger partial charge in [0.2, 0.25) is 10.5 Å². The van der Waals surface area contributed by atoms with E-state index in [-0.39, 0.29) is 0 Å². The summed E-state index contributed by atoms with van der Waals surface area (Å²) in [5, 5.41) is 13.2. The number of aromatic nitrogens is 2.